The van der Waals surface area contributed by atoms with Crippen molar-refractivity contribution in [2.75, 3.05) is 0 Å². The summed E-state index contributed by atoms with van der Waals surface area (Å²) in [4.78, 5) is 20.1. The summed E-state index contributed by atoms with van der Waals surface area (Å²) in [6, 6.07) is 17.0. The number of rotatable bonds is 4. The molecule has 0 fully saturated rings. The SMILES string of the molecule is O=C(c1c(F)ccc(-n2cccc2-c2ccccc2)c1F)c1c[nH]c2ncc(Cl)cc12. The van der Waals surface area contributed by atoms with Crippen molar-refractivity contribution in [2.45, 2.75) is 0 Å². The van der Waals surface area contributed by atoms with Gasteiger partial charge in [-0.1, -0.05) is 41.9 Å². The molecule has 0 spiro atoms. The van der Waals surface area contributed by atoms with Crippen molar-refractivity contribution in [3.05, 3.63) is 107 Å². The van der Waals surface area contributed by atoms with Crippen LogP contribution in [0, 0.1) is 11.6 Å². The Morgan fingerprint density at radius 3 is 2.65 bits per heavy atom. The normalized spacial score (nSPS) is 11.2. The fraction of sp³-hybridized carbons (Fsp3) is 0. The first-order chi connectivity index (χ1) is 15.0. The Balaban J connectivity index is 1.66. The Hall–Kier alpha value is -3.77. The van der Waals surface area contributed by atoms with Gasteiger partial charge < -0.3 is 9.55 Å². The Morgan fingerprint density at radius 2 is 1.84 bits per heavy atom. The van der Waals surface area contributed by atoms with Crippen molar-refractivity contribution < 1.29 is 13.6 Å². The van der Waals surface area contributed by atoms with E-state index in [0.717, 1.165) is 11.6 Å². The van der Waals surface area contributed by atoms with Crippen LogP contribution in [-0.2, 0) is 0 Å². The van der Waals surface area contributed by atoms with Gasteiger partial charge in [0.15, 0.2) is 5.82 Å². The summed E-state index contributed by atoms with van der Waals surface area (Å²) in [5.74, 6) is -2.67. The molecule has 0 saturated heterocycles. The zero-order valence-electron chi connectivity index (χ0n) is 15.9. The lowest BCUT2D eigenvalue weighted by Gasteiger charge is -2.13. The lowest BCUT2D eigenvalue weighted by atomic mass is 10.0. The predicted molar refractivity (Wildman–Crippen MR) is 116 cm³/mol. The Kier molecular flexibility index (Phi) is 4.64. The van der Waals surface area contributed by atoms with Gasteiger partial charge in [-0.25, -0.2) is 13.8 Å². The van der Waals surface area contributed by atoms with Crippen LogP contribution in [0.4, 0.5) is 8.78 Å². The van der Waals surface area contributed by atoms with Crippen LogP contribution >= 0.6 is 11.6 Å². The Labute approximate surface area is 180 Å². The molecule has 5 aromatic rings. The van der Waals surface area contributed by atoms with Gasteiger partial charge in [0.25, 0.3) is 0 Å². The maximum atomic E-state index is 15.6. The summed E-state index contributed by atoms with van der Waals surface area (Å²) in [6.45, 7) is 0. The molecule has 0 amide bonds. The van der Waals surface area contributed by atoms with Gasteiger partial charge in [0, 0.05) is 29.5 Å². The molecule has 1 N–H and O–H groups in total. The topological polar surface area (TPSA) is 50.7 Å². The van der Waals surface area contributed by atoms with E-state index in [9.17, 15) is 9.18 Å². The van der Waals surface area contributed by atoms with Crippen LogP contribution in [0.25, 0.3) is 28.0 Å². The van der Waals surface area contributed by atoms with Crippen molar-refractivity contribution in [3.63, 3.8) is 0 Å². The maximum Gasteiger partial charge on any atom is 0.201 e. The number of hydrogen-bond acceptors (Lipinski definition) is 2. The molecular formula is C24H14ClF2N3O. The first-order valence-corrected chi connectivity index (χ1v) is 9.81. The van der Waals surface area contributed by atoms with Gasteiger partial charge in [0.05, 0.1) is 22.0 Å². The summed E-state index contributed by atoms with van der Waals surface area (Å²) < 4.78 is 31.9. The number of carbonyl (C=O) groups is 1. The average molecular weight is 434 g/mol. The molecule has 31 heavy (non-hydrogen) atoms. The molecule has 0 radical (unpaired) electrons. The van der Waals surface area contributed by atoms with E-state index in [1.807, 2.05) is 36.4 Å². The monoisotopic (exact) mass is 433 g/mol. The molecular weight excluding hydrogens is 420 g/mol. The molecule has 2 aromatic carbocycles. The number of nitrogens with one attached hydrogen (secondary N) is 1. The summed E-state index contributed by atoms with van der Waals surface area (Å²) in [6.07, 6.45) is 4.48. The van der Waals surface area contributed by atoms with Crippen LogP contribution in [0.2, 0.25) is 5.02 Å². The standard InChI is InChI=1S/C24H14ClF2N3O/c25-15-11-16-17(13-29-24(16)28-12-15)23(31)21-18(26)8-9-20(22(21)27)30-10-4-7-19(30)14-5-2-1-3-6-14/h1-13H,(H,28,29). The maximum absolute atomic E-state index is 15.6. The molecule has 0 atom stereocenters. The highest BCUT2D eigenvalue weighted by Gasteiger charge is 2.25. The van der Waals surface area contributed by atoms with Crippen LogP contribution in [0.15, 0.2) is 79.3 Å². The van der Waals surface area contributed by atoms with Crippen LogP contribution in [0.5, 0.6) is 0 Å². The second kappa shape index (κ2) is 7.49. The molecule has 4 nitrogen and oxygen atoms in total. The van der Waals surface area contributed by atoms with E-state index < -0.39 is 23.0 Å². The second-order valence-electron chi connectivity index (χ2n) is 6.97. The van der Waals surface area contributed by atoms with Crippen LogP contribution < -0.4 is 0 Å². The molecule has 0 unspecified atom stereocenters. The summed E-state index contributed by atoms with van der Waals surface area (Å²) in [5.41, 5.74) is 1.52. The lowest BCUT2D eigenvalue weighted by Crippen LogP contribution is -2.11. The molecule has 5 rings (SSSR count). The molecule has 3 heterocycles. The van der Waals surface area contributed by atoms with Gasteiger partial charge >= 0.3 is 0 Å². The summed E-state index contributed by atoms with van der Waals surface area (Å²) in [7, 11) is 0. The first kappa shape index (κ1) is 19.2. The van der Waals surface area contributed by atoms with Gasteiger partial charge in [-0.15, -0.1) is 0 Å². The van der Waals surface area contributed by atoms with E-state index in [-0.39, 0.29) is 11.3 Å². The lowest BCUT2D eigenvalue weighted by molar-refractivity contribution is 0.103. The smallest absolute Gasteiger partial charge is 0.201 e. The average Bonchev–Trinajstić information content (AvgIpc) is 3.41. The minimum Gasteiger partial charge on any atom is -0.345 e. The van der Waals surface area contributed by atoms with E-state index in [0.29, 0.717) is 21.7 Å². The van der Waals surface area contributed by atoms with Crippen molar-refractivity contribution in [1.82, 2.24) is 14.5 Å². The summed E-state index contributed by atoms with van der Waals surface area (Å²) in [5, 5.41) is 0.711. The van der Waals surface area contributed by atoms with E-state index >= 15 is 4.39 Å². The molecule has 0 aliphatic heterocycles. The third-order valence-electron chi connectivity index (χ3n) is 5.12. The minimum absolute atomic E-state index is 0.0737. The number of aromatic nitrogens is 3. The van der Waals surface area contributed by atoms with Gasteiger partial charge in [-0.2, -0.15) is 0 Å². The number of aromatic amines is 1. The quantitative estimate of drug-likeness (QED) is 0.344. The van der Waals surface area contributed by atoms with Gasteiger partial charge in [0.2, 0.25) is 5.78 Å². The number of benzene rings is 2. The van der Waals surface area contributed by atoms with Gasteiger partial charge in [-0.3, -0.25) is 4.79 Å². The second-order valence-corrected chi connectivity index (χ2v) is 7.40. The molecule has 152 valence electrons. The zero-order chi connectivity index (χ0) is 21.5. The molecule has 0 saturated carbocycles. The van der Waals surface area contributed by atoms with E-state index in [1.54, 1.807) is 16.8 Å². The number of fused-ring (bicyclic) bond motifs is 1. The number of pyridine rings is 1. The number of hydrogen-bond donors (Lipinski definition) is 1. The largest absolute Gasteiger partial charge is 0.345 e. The number of H-pyrrole nitrogens is 1. The number of carbonyl (C=O) groups excluding carboxylic acids is 1. The van der Waals surface area contributed by atoms with E-state index in [2.05, 4.69) is 9.97 Å². The number of halogens is 3. The molecule has 0 aliphatic carbocycles. The Bertz CT molecular complexity index is 1440. The van der Waals surface area contributed by atoms with Crippen molar-refractivity contribution in [3.8, 4) is 16.9 Å². The van der Waals surface area contributed by atoms with Crippen LogP contribution in [0.3, 0.4) is 0 Å². The van der Waals surface area contributed by atoms with Gasteiger partial charge in [-0.05, 0) is 35.9 Å². The summed E-state index contributed by atoms with van der Waals surface area (Å²) >= 11 is 5.99. The first-order valence-electron chi connectivity index (χ1n) is 9.43. The highest BCUT2D eigenvalue weighted by Crippen LogP contribution is 2.30. The fourth-order valence-corrected chi connectivity index (χ4v) is 3.83. The zero-order valence-corrected chi connectivity index (χ0v) is 16.7. The van der Waals surface area contributed by atoms with Crippen LogP contribution in [0.1, 0.15) is 15.9 Å². The highest BCUT2D eigenvalue weighted by molar-refractivity contribution is 6.31. The fourth-order valence-electron chi connectivity index (χ4n) is 3.67. The number of nitrogens with zero attached hydrogens (tertiary/aromatic N) is 2. The molecule has 7 heteroatoms. The molecule has 0 aliphatic rings. The molecule has 3 aromatic heterocycles. The highest BCUT2D eigenvalue weighted by atomic mass is 35.5. The van der Waals surface area contributed by atoms with E-state index in [4.69, 9.17) is 11.6 Å². The molecule has 0 bridgehead atoms. The van der Waals surface area contributed by atoms with E-state index in [1.165, 1.54) is 24.5 Å². The van der Waals surface area contributed by atoms with Crippen molar-refractivity contribution in [1.29, 1.82) is 0 Å². The minimum atomic E-state index is -0.942. The third-order valence-corrected chi connectivity index (χ3v) is 5.32. The van der Waals surface area contributed by atoms with Crippen LogP contribution in [-0.4, -0.2) is 20.3 Å². The van der Waals surface area contributed by atoms with Gasteiger partial charge in [0.1, 0.15) is 11.5 Å². The van der Waals surface area contributed by atoms with Crippen molar-refractivity contribution in [2.24, 2.45) is 0 Å². The van der Waals surface area contributed by atoms with Crippen molar-refractivity contribution >= 4 is 28.4 Å². The number of ketones is 1. The third kappa shape index (κ3) is 3.21. The Morgan fingerprint density at radius 1 is 1.03 bits per heavy atom. The predicted octanol–water partition coefficient (Wildman–Crippen LogP) is 6.18.